The van der Waals surface area contributed by atoms with E-state index in [1.165, 1.54) is 0 Å². The predicted molar refractivity (Wildman–Crippen MR) is 190 cm³/mol. The van der Waals surface area contributed by atoms with Crippen LogP contribution in [0.3, 0.4) is 0 Å². The third-order valence-corrected chi connectivity index (χ3v) is 13.5. The number of hydrogen-bond donors (Lipinski definition) is 0. The van der Waals surface area contributed by atoms with Gasteiger partial charge in [0.1, 0.15) is 0 Å². The van der Waals surface area contributed by atoms with Gasteiger partial charge >= 0.3 is 0 Å². The van der Waals surface area contributed by atoms with E-state index in [9.17, 15) is 8.42 Å². The molecule has 4 fully saturated rings. The summed E-state index contributed by atoms with van der Waals surface area (Å²) in [5.74, 6) is 2.38. The summed E-state index contributed by atoms with van der Waals surface area (Å²) in [6.45, 7) is 10.4. The second-order valence-electron chi connectivity index (χ2n) is 15.6. The molecule has 0 spiro atoms. The molecule has 0 aliphatic heterocycles. The van der Waals surface area contributed by atoms with E-state index >= 15 is 0 Å². The molecule has 282 valence electrons. The molecule has 0 bridgehead atoms. The molecule has 16 heteroatoms. The minimum absolute atomic E-state index is 0.0397. The fourth-order valence-corrected chi connectivity index (χ4v) is 11.1. The van der Waals surface area contributed by atoms with E-state index in [0.29, 0.717) is 101 Å². The fourth-order valence-electron chi connectivity index (χ4n) is 10.7. The highest BCUT2D eigenvalue weighted by molar-refractivity contribution is 7.85. The predicted octanol–water partition coefficient (Wildman–Crippen LogP) is 8.51. The maximum absolute atomic E-state index is 11.6. The van der Waals surface area contributed by atoms with E-state index in [4.69, 9.17) is 35.0 Å². The van der Waals surface area contributed by atoms with Gasteiger partial charge in [0.05, 0.1) is 31.2 Å². The molecule has 0 aromatic heterocycles. The Kier molecular flexibility index (Phi) is 15.4. The summed E-state index contributed by atoms with van der Waals surface area (Å²) < 4.78 is 48.3. The Morgan fingerprint density at radius 1 is 0.780 bits per heavy atom. The molecule has 0 amide bonds. The molecule has 0 saturated heterocycles. The first kappa shape index (κ1) is 40.5. The van der Waals surface area contributed by atoms with Gasteiger partial charge in [-0.3, -0.25) is 4.18 Å². The van der Waals surface area contributed by atoms with Crippen molar-refractivity contribution >= 4 is 10.1 Å². The lowest BCUT2D eigenvalue weighted by Gasteiger charge is -2.65. The van der Waals surface area contributed by atoms with Gasteiger partial charge in [0, 0.05) is 59.6 Å². The fraction of sp³-hybridized carbons (Fsp3) is 1.00. The maximum Gasteiger partial charge on any atom is 0.264 e. The molecule has 4 saturated carbocycles. The molecule has 11 atom stereocenters. The lowest BCUT2D eigenvalue weighted by Crippen LogP contribution is -2.63. The van der Waals surface area contributed by atoms with Gasteiger partial charge in [-0.2, -0.15) is 8.42 Å². The van der Waals surface area contributed by atoms with Gasteiger partial charge in [-0.05, 0) is 135 Å². The summed E-state index contributed by atoms with van der Waals surface area (Å²) in [5.41, 5.74) is 26.3. The van der Waals surface area contributed by atoms with Gasteiger partial charge in [-0.25, -0.2) is 0 Å². The monoisotopic (exact) mass is 721 g/mol. The molecule has 4 rings (SSSR count). The Hall–Kier alpha value is -2.28. The quantitative estimate of drug-likeness (QED) is 0.0371. The largest absolute Gasteiger partial charge is 0.378 e. The first-order valence-electron chi connectivity index (χ1n) is 18.7. The van der Waals surface area contributed by atoms with Crippen LogP contribution in [-0.2, 0) is 28.5 Å². The molecular weight excluding hydrogens is 662 g/mol. The second kappa shape index (κ2) is 19.0. The van der Waals surface area contributed by atoms with Gasteiger partial charge in [-0.15, -0.1) is 0 Å². The van der Waals surface area contributed by atoms with E-state index in [0.717, 1.165) is 57.6 Å². The Balaban J connectivity index is 1.59. The highest BCUT2D eigenvalue weighted by Crippen LogP contribution is 2.69. The zero-order chi connectivity index (χ0) is 36.2. The zero-order valence-electron chi connectivity index (χ0n) is 30.5. The number of azide groups is 3. The van der Waals surface area contributed by atoms with Crippen molar-refractivity contribution in [3.63, 3.8) is 0 Å². The number of fused-ring (bicyclic) bond motifs is 5. The van der Waals surface area contributed by atoms with E-state index < -0.39 is 10.1 Å². The summed E-state index contributed by atoms with van der Waals surface area (Å²) in [7, 11) is -3.47. The first-order valence-corrected chi connectivity index (χ1v) is 20.5. The molecule has 4 aliphatic carbocycles. The van der Waals surface area contributed by atoms with Crippen molar-refractivity contribution < 1.29 is 26.8 Å². The summed E-state index contributed by atoms with van der Waals surface area (Å²) in [6.07, 6.45) is 12.2. The smallest absolute Gasteiger partial charge is 0.264 e. The Labute approximate surface area is 297 Å². The van der Waals surface area contributed by atoms with Gasteiger partial charge < -0.3 is 14.2 Å². The Morgan fingerprint density at radius 3 is 2.02 bits per heavy atom. The van der Waals surface area contributed by atoms with E-state index in [2.05, 4.69) is 50.8 Å². The number of ether oxygens (including phenoxy) is 3. The van der Waals surface area contributed by atoms with Crippen LogP contribution in [0.5, 0.6) is 0 Å². The van der Waals surface area contributed by atoms with Crippen LogP contribution >= 0.6 is 0 Å². The van der Waals surface area contributed by atoms with Gasteiger partial charge in [0.2, 0.25) is 0 Å². The standard InChI is InChI=1S/C34H59N9O6S/c1-24(9-5-20-49-50(4,44)45)27-10-11-28-32-29(23-31(34(27,28)3)48-19-8-16-40-43-37)33(2)13-12-26(46-17-6-14-38-41-35)21-25(33)22-30(32)47-18-7-15-39-42-36/h24-32H,5-23H2,1-4H3/t24-,25?,26?,27?,28+,29+,30-,31+,32?,33+,34-/m1/s1. The topological polar surface area (TPSA) is 217 Å². The maximum atomic E-state index is 11.6. The van der Waals surface area contributed by atoms with Crippen LogP contribution in [0.4, 0.5) is 0 Å². The normalized spacial score (nSPS) is 35.4. The average Bonchev–Trinajstić information content (AvgIpc) is 3.44. The molecule has 0 N–H and O–H groups in total. The second-order valence-corrected chi connectivity index (χ2v) is 17.3. The third kappa shape index (κ3) is 9.98. The summed E-state index contributed by atoms with van der Waals surface area (Å²) in [4.78, 5) is 8.70. The van der Waals surface area contributed by atoms with Gasteiger partial charge in [0.25, 0.3) is 10.1 Å². The van der Waals surface area contributed by atoms with E-state index in [1.807, 2.05) is 0 Å². The summed E-state index contributed by atoms with van der Waals surface area (Å²) in [5, 5.41) is 11.1. The number of nitrogens with zero attached hydrogens (tertiary/aromatic N) is 9. The minimum atomic E-state index is -3.47. The molecule has 0 heterocycles. The molecule has 0 radical (unpaired) electrons. The van der Waals surface area contributed by atoms with Crippen molar-refractivity contribution in [2.24, 2.45) is 61.7 Å². The van der Waals surface area contributed by atoms with E-state index in [1.54, 1.807) is 0 Å². The van der Waals surface area contributed by atoms with Crippen LogP contribution < -0.4 is 0 Å². The lowest BCUT2D eigenvalue weighted by molar-refractivity contribution is -0.227. The number of rotatable bonds is 21. The molecule has 0 aromatic carbocycles. The summed E-state index contributed by atoms with van der Waals surface area (Å²) >= 11 is 0. The van der Waals surface area contributed by atoms with Crippen molar-refractivity contribution in [3.8, 4) is 0 Å². The van der Waals surface area contributed by atoms with Crippen molar-refractivity contribution in [1.29, 1.82) is 0 Å². The third-order valence-electron chi connectivity index (χ3n) is 12.9. The average molecular weight is 722 g/mol. The van der Waals surface area contributed by atoms with Gasteiger partial charge in [0.15, 0.2) is 0 Å². The molecule has 50 heavy (non-hydrogen) atoms. The zero-order valence-corrected chi connectivity index (χ0v) is 31.3. The van der Waals surface area contributed by atoms with Crippen LogP contribution in [-0.4, -0.2) is 79.0 Å². The molecule has 4 unspecified atom stereocenters. The molecular formula is C34H59N9O6S. The van der Waals surface area contributed by atoms with Crippen molar-refractivity contribution in [1.82, 2.24) is 0 Å². The summed E-state index contributed by atoms with van der Waals surface area (Å²) in [6, 6.07) is 0. The minimum Gasteiger partial charge on any atom is -0.378 e. The SMILES string of the molecule is C[C@H](CCCOS(C)(=O)=O)C1CC[C@H]2C3[C@H](OCCCN=[N+]=[N-])CC4CC(OCCCN=[N+]=[N-])CC[C@]4(C)[C@H]3C[C@H](OCCCN=[N+]=[N-])[C@]12C. The van der Waals surface area contributed by atoms with Crippen molar-refractivity contribution in [3.05, 3.63) is 31.3 Å². The molecule has 4 aliphatic rings. The lowest BCUT2D eigenvalue weighted by atomic mass is 9.43. The highest BCUT2D eigenvalue weighted by Gasteiger charge is 2.66. The van der Waals surface area contributed by atoms with Crippen molar-refractivity contribution in [2.75, 3.05) is 52.3 Å². The molecule has 15 nitrogen and oxygen atoms in total. The Morgan fingerprint density at radius 2 is 1.40 bits per heavy atom. The van der Waals surface area contributed by atoms with Gasteiger partial charge in [-0.1, -0.05) is 36.1 Å². The van der Waals surface area contributed by atoms with Crippen LogP contribution in [0.2, 0.25) is 0 Å². The first-order chi connectivity index (χ1) is 24.0. The molecule has 0 aromatic rings. The van der Waals surface area contributed by atoms with E-state index in [-0.39, 0.29) is 35.7 Å². The highest BCUT2D eigenvalue weighted by atomic mass is 32.2. The van der Waals surface area contributed by atoms with Crippen LogP contribution in [0.1, 0.15) is 97.8 Å². The van der Waals surface area contributed by atoms with Crippen LogP contribution in [0.25, 0.3) is 31.3 Å². The number of hydrogen-bond acceptors (Lipinski definition) is 9. The van der Waals surface area contributed by atoms with Crippen molar-refractivity contribution in [2.45, 2.75) is 116 Å². The van der Waals surface area contributed by atoms with Crippen LogP contribution in [0, 0.1) is 46.3 Å². The Bertz CT molecular complexity index is 1350. The van der Waals surface area contributed by atoms with Crippen LogP contribution in [0.15, 0.2) is 15.3 Å².